The molecule has 4 rings (SSSR count). The van der Waals surface area contributed by atoms with E-state index in [1.54, 1.807) is 22.6 Å². The highest BCUT2D eigenvalue weighted by Gasteiger charge is 2.12. The van der Waals surface area contributed by atoms with Crippen molar-refractivity contribution in [1.29, 1.82) is 0 Å². The molecule has 0 saturated heterocycles. The van der Waals surface area contributed by atoms with Gasteiger partial charge in [0.05, 0.1) is 16.4 Å². The van der Waals surface area contributed by atoms with E-state index in [1.807, 2.05) is 60.9 Å². The molecule has 26 heavy (non-hydrogen) atoms. The fraction of sp³-hybridized carbons (Fsp3) is 0.105. The third-order valence-electron chi connectivity index (χ3n) is 4.02. The Kier molecular flexibility index (Phi) is 4.53. The van der Waals surface area contributed by atoms with E-state index < -0.39 is 0 Å². The van der Waals surface area contributed by atoms with Gasteiger partial charge in [0.2, 0.25) is 12.4 Å². The van der Waals surface area contributed by atoms with E-state index in [2.05, 4.69) is 26.3 Å². The summed E-state index contributed by atoms with van der Waals surface area (Å²) in [7, 11) is 1.64. The van der Waals surface area contributed by atoms with Crippen LogP contribution >= 0.6 is 15.9 Å². The van der Waals surface area contributed by atoms with Gasteiger partial charge in [-0.2, -0.15) is 9.61 Å². The highest BCUT2D eigenvalue weighted by atomic mass is 79.9. The molecule has 0 radical (unpaired) electrons. The van der Waals surface area contributed by atoms with Crippen molar-refractivity contribution in [2.24, 2.45) is 0 Å². The standard InChI is InChI=1S/C19H17BrN5O/c1-26-24-9-5-6-14(13-24)11-21-18-10-17(15-7-3-2-4-8-15)23-19-16(20)12-22-25(18)19/h2-10,12-13,21H,11H2,1H3/q+1. The number of nitrogens with one attached hydrogen (secondary N) is 1. The van der Waals surface area contributed by atoms with Crippen molar-refractivity contribution < 1.29 is 9.57 Å². The van der Waals surface area contributed by atoms with Crippen molar-refractivity contribution in [2.45, 2.75) is 6.54 Å². The number of rotatable bonds is 5. The summed E-state index contributed by atoms with van der Waals surface area (Å²) in [6, 6.07) is 16.1. The van der Waals surface area contributed by atoms with Crippen LogP contribution in [-0.4, -0.2) is 21.7 Å². The lowest BCUT2D eigenvalue weighted by atomic mass is 10.1. The van der Waals surface area contributed by atoms with Gasteiger partial charge < -0.3 is 5.32 Å². The van der Waals surface area contributed by atoms with Crippen molar-refractivity contribution in [1.82, 2.24) is 14.6 Å². The van der Waals surface area contributed by atoms with Crippen LogP contribution in [0.1, 0.15) is 5.56 Å². The Morgan fingerprint density at radius 3 is 2.85 bits per heavy atom. The zero-order valence-corrected chi connectivity index (χ0v) is 15.7. The molecule has 0 bridgehead atoms. The van der Waals surface area contributed by atoms with Crippen LogP contribution in [0.4, 0.5) is 5.82 Å². The third-order valence-corrected chi connectivity index (χ3v) is 4.58. The number of pyridine rings is 1. The maximum Gasteiger partial charge on any atom is 0.227 e. The van der Waals surface area contributed by atoms with Crippen LogP contribution in [-0.2, 0) is 6.54 Å². The number of anilines is 1. The van der Waals surface area contributed by atoms with Gasteiger partial charge in [-0.15, -0.1) is 0 Å². The first kappa shape index (κ1) is 16.5. The monoisotopic (exact) mass is 410 g/mol. The number of benzene rings is 1. The van der Waals surface area contributed by atoms with Crippen LogP contribution in [0, 0.1) is 0 Å². The summed E-state index contributed by atoms with van der Waals surface area (Å²) in [5, 5.41) is 7.86. The Hall–Kier alpha value is -2.93. The molecule has 4 aromatic rings. The molecule has 1 aromatic carbocycles. The molecule has 7 heteroatoms. The molecular formula is C19H17BrN5O+. The minimum absolute atomic E-state index is 0.634. The van der Waals surface area contributed by atoms with E-state index in [1.165, 1.54) is 0 Å². The molecule has 1 N–H and O–H groups in total. The maximum atomic E-state index is 5.21. The van der Waals surface area contributed by atoms with Gasteiger partial charge in [-0.25, -0.2) is 4.98 Å². The molecule has 6 nitrogen and oxygen atoms in total. The maximum absolute atomic E-state index is 5.21. The van der Waals surface area contributed by atoms with Crippen LogP contribution in [0.3, 0.4) is 0 Å². The number of nitrogens with zero attached hydrogens (tertiary/aromatic N) is 4. The van der Waals surface area contributed by atoms with Gasteiger partial charge >= 0.3 is 0 Å². The summed E-state index contributed by atoms with van der Waals surface area (Å²) < 4.78 is 4.32. The number of hydrogen-bond donors (Lipinski definition) is 1. The molecule has 0 atom stereocenters. The molecule has 0 aliphatic carbocycles. The van der Waals surface area contributed by atoms with Gasteiger partial charge in [0, 0.05) is 34.5 Å². The fourth-order valence-electron chi connectivity index (χ4n) is 2.73. The van der Waals surface area contributed by atoms with Crippen LogP contribution in [0.15, 0.2) is 71.6 Å². The zero-order valence-electron chi connectivity index (χ0n) is 14.1. The quantitative estimate of drug-likeness (QED) is 0.513. The smallest absolute Gasteiger partial charge is 0.227 e. The molecule has 3 heterocycles. The largest absolute Gasteiger partial charge is 0.366 e. The van der Waals surface area contributed by atoms with Crippen molar-refractivity contribution in [3.63, 3.8) is 0 Å². The van der Waals surface area contributed by atoms with Gasteiger partial charge in [0.1, 0.15) is 12.9 Å². The van der Waals surface area contributed by atoms with Gasteiger partial charge in [-0.1, -0.05) is 30.3 Å². The minimum atomic E-state index is 0.634. The normalized spacial score (nSPS) is 10.8. The Morgan fingerprint density at radius 1 is 1.19 bits per heavy atom. The predicted molar refractivity (Wildman–Crippen MR) is 103 cm³/mol. The zero-order chi connectivity index (χ0) is 17.9. The van der Waals surface area contributed by atoms with Gasteiger partial charge in [0.15, 0.2) is 5.65 Å². The lowest BCUT2D eigenvalue weighted by Gasteiger charge is -2.10. The first-order valence-electron chi connectivity index (χ1n) is 8.13. The summed E-state index contributed by atoms with van der Waals surface area (Å²) in [5.74, 6) is 0.868. The number of fused-ring (bicyclic) bond motifs is 1. The molecule has 0 amide bonds. The first-order valence-corrected chi connectivity index (χ1v) is 8.92. The molecule has 0 aliphatic rings. The highest BCUT2D eigenvalue weighted by molar-refractivity contribution is 9.10. The second-order valence-corrected chi connectivity index (χ2v) is 6.58. The van der Waals surface area contributed by atoms with E-state index in [4.69, 9.17) is 9.82 Å². The summed E-state index contributed by atoms with van der Waals surface area (Å²) in [4.78, 5) is 9.95. The summed E-state index contributed by atoms with van der Waals surface area (Å²) >= 11 is 3.53. The fourth-order valence-corrected chi connectivity index (χ4v) is 3.08. The average molecular weight is 411 g/mol. The van der Waals surface area contributed by atoms with Crippen molar-refractivity contribution in [3.8, 4) is 11.3 Å². The topological polar surface area (TPSA) is 55.3 Å². The highest BCUT2D eigenvalue weighted by Crippen LogP contribution is 2.25. The third kappa shape index (κ3) is 3.25. The van der Waals surface area contributed by atoms with E-state index in [0.717, 1.165) is 32.8 Å². The molecule has 0 aliphatic heterocycles. The molecule has 130 valence electrons. The lowest BCUT2D eigenvalue weighted by molar-refractivity contribution is -0.885. The van der Waals surface area contributed by atoms with Gasteiger partial charge in [-0.3, -0.25) is 4.84 Å². The van der Waals surface area contributed by atoms with Crippen LogP contribution < -0.4 is 14.9 Å². The summed E-state index contributed by atoms with van der Waals surface area (Å²) in [5.41, 5.74) is 3.81. The van der Waals surface area contributed by atoms with E-state index in [9.17, 15) is 0 Å². The van der Waals surface area contributed by atoms with Crippen molar-refractivity contribution >= 4 is 27.4 Å². The van der Waals surface area contributed by atoms with E-state index in [-0.39, 0.29) is 0 Å². The Labute approximate surface area is 159 Å². The lowest BCUT2D eigenvalue weighted by Crippen LogP contribution is -2.40. The first-order chi connectivity index (χ1) is 12.7. The predicted octanol–water partition coefficient (Wildman–Crippen LogP) is 3.12. The number of aromatic nitrogens is 4. The Balaban J connectivity index is 1.71. The molecule has 0 unspecified atom stereocenters. The Morgan fingerprint density at radius 2 is 2.04 bits per heavy atom. The van der Waals surface area contributed by atoms with Crippen LogP contribution in [0.25, 0.3) is 16.9 Å². The van der Waals surface area contributed by atoms with Gasteiger partial charge in [-0.05, 0) is 22.0 Å². The average Bonchev–Trinajstić information content (AvgIpc) is 3.08. The second kappa shape index (κ2) is 7.13. The van der Waals surface area contributed by atoms with E-state index in [0.29, 0.717) is 6.54 Å². The van der Waals surface area contributed by atoms with E-state index >= 15 is 0 Å². The second-order valence-electron chi connectivity index (χ2n) is 5.73. The minimum Gasteiger partial charge on any atom is -0.366 e. The molecular weight excluding hydrogens is 394 g/mol. The number of halogens is 1. The molecule has 0 fully saturated rings. The number of hydrogen-bond acceptors (Lipinski definition) is 4. The van der Waals surface area contributed by atoms with Gasteiger partial charge in [0.25, 0.3) is 0 Å². The SMILES string of the molecule is CO[n+]1cccc(CNc2cc(-c3ccccc3)nc3c(Br)cnn23)c1. The Bertz CT molecular complexity index is 1050. The van der Waals surface area contributed by atoms with Crippen LogP contribution in [0.5, 0.6) is 0 Å². The molecule has 0 saturated carbocycles. The molecule has 0 spiro atoms. The summed E-state index contributed by atoms with van der Waals surface area (Å²) in [6.07, 6.45) is 5.54. The molecule has 3 aromatic heterocycles. The van der Waals surface area contributed by atoms with Crippen molar-refractivity contribution in [3.05, 3.63) is 77.2 Å². The van der Waals surface area contributed by atoms with Crippen molar-refractivity contribution in [2.75, 3.05) is 12.4 Å². The van der Waals surface area contributed by atoms with Crippen LogP contribution in [0.2, 0.25) is 0 Å². The summed E-state index contributed by atoms with van der Waals surface area (Å²) in [6.45, 7) is 0.634.